The molecule has 1 amide bonds. The van der Waals surface area contributed by atoms with Gasteiger partial charge in [0.2, 0.25) is 5.91 Å². The number of rotatable bonds is 4. The molecule has 0 aromatic heterocycles. The van der Waals surface area contributed by atoms with Crippen LogP contribution < -0.4 is 11.1 Å². The zero-order valence-corrected chi connectivity index (χ0v) is 9.82. The molecule has 3 N–H and O–H groups in total. The Labute approximate surface area is 101 Å². The maximum Gasteiger partial charge on any atom is 0.224 e. The third kappa shape index (κ3) is 3.75. The van der Waals surface area contributed by atoms with Gasteiger partial charge in [0.15, 0.2) is 0 Å². The molecule has 0 bridgehead atoms. The van der Waals surface area contributed by atoms with Crippen LogP contribution in [0.4, 0.5) is 5.69 Å². The fraction of sp³-hybridized carbons (Fsp3) is 0.462. The molecule has 1 aliphatic heterocycles. The minimum Gasteiger partial charge on any atom is -0.399 e. The molecule has 4 nitrogen and oxygen atoms in total. The molecule has 0 aliphatic carbocycles. The van der Waals surface area contributed by atoms with Gasteiger partial charge in [-0.25, -0.2) is 0 Å². The molecule has 1 aliphatic rings. The van der Waals surface area contributed by atoms with E-state index in [1.54, 1.807) is 0 Å². The van der Waals surface area contributed by atoms with Crippen LogP contribution in [0.15, 0.2) is 24.3 Å². The van der Waals surface area contributed by atoms with Crippen LogP contribution in [-0.2, 0) is 16.0 Å². The highest BCUT2D eigenvalue weighted by molar-refractivity contribution is 5.78. The summed E-state index contributed by atoms with van der Waals surface area (Å²) >= 11 is 0. The van der Waals surface area contributed by atoms with E-state index in [0.717, 1.165) is 25.0 Å². The molecule has 4 heteroatoms. The van der Waals surface area contributed by atoms with Crippen molar-refractivity contribution in [2.75, 3.05) is 18.9 Å². The second-order valence-electron chi connectivity index (χ2n) is 4.36. The molecule has 1 saturated heterocycles. The summed E-state index contributed by atoms with van der Waals surface area (Å²) in [5.41, 5.74) is 7.27. The van der Waals surface area contributed by atoms with E-state index in [0.29, 0.717) is 18.7 Å². The zero-order valence-electron chi connectivity index (χ0n) is 9.82. The smallest absolute Gasteiger partial charge is 0.224 e. The number of amides is 1. The Balaban J connectivity index is 1.74. The van der Waals surface area contributed by atoms with Gasteiger partial charge < -0.3 is 15.8 Å². The van der Waals surface area contributed by atoms with Crippen LogP contribution in [0, 0.1) is 0 Å². The van der Waals surface area contributed by atoms with Crippen LogP contribution in [0.25, 0.3) is 0 Å². The highest BCUT2D eigenvalue weighted by Crippen LogP contribution is 2.11. The van der Waals surface area contributed by atoms with Gasteiger partial charge >= 0.3 is 0 Å². The van der Waals surface area contributed by atoms with Crippen LogP contribution in [0.1, 0.15) is 18.4 Å². The normalized spacial score (nSPS) is 19.2. The monoisotopic (exact) mass is 234 g/mol. The third-order valence-electron chi connectivity index (χ3n) is 2.90. The highest BCUT2D eigenvalue weighted by atomic mass is 16.5. The van der Waals surface area contributed by atoms with Crippen molar-refractivity contribution in [3.8, 4) is 0 Å². The van der Waals surface area contributed by atoms with Crippen LogP contribution in [0.2, 0.25) is 0 Å². The predicted molar refractivity (Wildman–Crippen MR) is 66.5 cm³/mol. The first-order valence-electron chi connectivity index (χ1n) is 5.97. The number of ether oxygens (including phenoxy) is 1. The lowest BCUT2D eigenvalue weighted by Crippen LogP contribution is -2.32. The van der Waals surface area contributed by atoms with Gasteiger partial charge in [-0.1, -0.05) is 12.1 Å². The number of hydrogen-bond acceptors (Lipinski definition) is 3. The van der Waals surface area contributed by atoms with Crippen LogP contribution in [0.5, 0.6) is 0 Å². The van der Waals surface area contributed by atoms with Crippen molar-refractivity contribution in [3.63, 3.8) is 0 Å². The predicted octanol–water partition coefficient (Wildman–Crippen LogP) is 1.11. The Bertz CT molecular complexity index is 370. The lowest BCUT2D eigenvalue weighted by Gasteiger charge is -2.10. The first kappa shape index (κ1) is 11.9. The molecule has 0 spiro atoms. The summed E-state index contributed by atoms with van der Waals surface area (Å²) in [4.78, 5) is 11.7. The van der Waals surface area contributed by atoms with Crippen molar-refractivity contribution >= 4 is 11.6 Å². The summed E-state index contributed by atoms with van der Waals surface area (Å²) in [7, 11) is 0. The largest absolute Gasteiger partial charge is 0.399 e. The molecule has 1 fully saturated rings. The summed E-state index contributed by atoms with van der Waals surface area (Å²) in [6, 6.07) is 7.37. The zero-order chi connectivity index (χ0) is 12.1. The van der Waals surface area contributed by atoms with Crippen LogP contribution in [0.3, 0.4) is 0 Å². The minimum atomic E-state index is 0.0327. The second kappa shape index (κ2) is 5.68. The van der Waals surface area contributed by atoms with Gasteiger partial charge in [0.25, 0.3) is 0 Å². The number of anilines is 1. The Morgan fingerprint density at radius 1 is 1.41 bits per heavy atom. The standard InChI is InChI=1S/C13H18N2O2/c14-11-5-3-10(4-6-11)8-13(16)15-9-12-2-1-7-17-12/h3-6,12H,1-2,7-9,14H2,(H,15,16)/t12-/m1/s1. The molecule has 17 heavy (non-hydrogen) atoms. The van der Waals surface area contributed by atoms with E-state index in [1.165, 1.54) is 0 Å². The van der Waals surface area contributed by atoms with E-state index in [-0.39, 0.29) is 12.0 Å². The average molecular weight is 234 g/mol. The van der Waals surface area contributed by atoms with Crippen molar-refractivity contribution in [2.24, 2.45) is 0 Å². The SMILES string of the molecule is Nc1ccc(CC(=O)NC[C@H]2CCCO2)cc1. The Morgan fingerprint density at radius 2 is 2.18 bits per heavy atom. The molecular weight excluding hydrogens is 216 g/mol. The number of carbonyl (C=O) groups is 1. The number of carbonyl (C=O) groups excluding carboxylic acids is 1. The molecule has 2 rings (SSSR count). The molecule has 92 valence electrons. The van der Waals surface area contributed by atoms with Gasteiger partial charge in [-0.15, -0.1) is 0 Å². The van der Waals surface area contributed by atoms with Gasteiger partial charge in [0.05, 0.1) is 12.5 Å². The maximum atomic E-state index is 11.7. The van der Waals surface area contributed by atoms with Crippen molar-refractivity contribution < 1.29 is 9.53 Å². The highest BCUT2D eigenvalue weighted by Gasteiger charge is 2.15. The van der Waals surface area contributed by atoms with E-state index in [1.807, 2.05) is 24.3 Å². The maximum absolute atomic E-state index is 11.7. The number of benzene rings is 1. The topological polar surface area (TPSA) is 64.4 Å². The van der Waals surface area contributed by atoms with Crippen molar-refractivity contribution in [2.45, 2.75) is 25.4 Å². The Morgan fingerprint density at radius 3 is 2.82 bits per heavy atom. The molecule has 0 saturated carbocycles. The number of nitrogens with one attached hydrogen (secondary N) is 1. The van der Waals surface area contributed by atoms with Gasteiger partial charge in [0.1, 0.15) is 0 Å². The van der Waals surface area contributed by atoms with E-state index < -0.39 is 0 Å². The van der Waals surface area contributed by atoms with Crippen LogP contribution >= 0.6 is 0 Å². The van der Waals surface area contributed by atoms with Gasteiger partial charge in [-0.3, -0.25) is 4.79 Å². The molecule has 1 atom stereocenters. The third-order valence-corrected chi connectivity index (χ3v) is 2.90. The van der Waals surface area contributed by atoms with E-state index in [9.17, 15) is 4.79 Å². The Hall–Kier alpha value is -1.55. The molecular formula is C13H18N2O2. The summed E-state index contributed by atoms with van der Waals surface area (Å²) in [5.74, 6) is 0.0327. The fourth-order valence-corrected chi connectivity index (χ4v) is 1.92. The first-order chi connectivity index (χ1) is 8.24. The van der Waals surface area contributed by atoms with E-state index in [4.69, 9.17) is 10.5 Å². The number of nitrogen functional groups attached to an aromatic ring is 1. The summed E-state index contributed by atoms with van der Waals surface area (Å²) < 4.78 is 5.44. The molecule has 1 aromatic carbocycles. The molecule has 0 unspecified atom stereocenters. The van der Waals surface area contributed by atoms with E-state index >= 15 is 0 Å². The van der Waals surface area contributed by atoms with Crippen molar-refractivity contribution in [3.05, 3.63) is 29.8 Å². The van der Waals surface area contributed by atoms with Gasteiger partial charge in [-0.05, 0) is 30.5 Å². The Kier molecular flexibility index (Phi) is 3.98. The van der Waals surface area contributed by atoms with Crippen LogP contribution in [-0.4, -0.2) is 25.2 Å². The first-order valence-corrected chi connectivity index (χ1v) is 5.97. The molecule has 1 aromatic rings. The lowest BCUT2D eigenvalue weighted by molar-refractivity contribution is -0.120. The lowest BCUT2D eigenvalue weighted by atomic mass is 10.1. The quantitative estimate of drug-likeness (QED) is 0.767. The second-order valence-corrected chi connectivity index (χ2v) is 4.36. The van der Waals surface area contributed by atoms with E-state index in [2.05, 4.69) is 5.32 Å². The summed E-state index contributed by atoms with van der Waals surface area (Å²) in [6.45, 7) is 1.44. The number of nitrogens with two attached hydrogens (primary N) is 1. The summed E-state index contributed by atoms with van der Waals surface area (Å²) in [5, 5.41) is 2.89. The van der Waals surface area contributed by atoms with Crippen molar-refractivity contribution in [1.82, 2.24) is 5.32 Å². The number of hydrogen-bond donors (Lipinski definition) is 2. The minimum absolute atomic E-state index is 0.0327. The van der Waals surface area contributed by atoms with Gasteiger partial charge in [0, 0.05) is 18.8 Å². The fourth-order valence-electron chi connectivity index (χ4n) is 1.92. The molecule has 0 radical (unpaired) electrons. The average Bonchev–Trinajstić information content (AvgIpc) is 2.83. The van der Waals surface area contributed by atoms with Gasteiger partial charge in [-0.2, -0.15) is 0 Å². The summed E-state index contributed by atoms with van der Waals surface area (Å²) in [6.07, 6.45) is 2.73. The molecule has 1 heterocycles. The van der Waals surface area contributed by atoms with Crippen molar-refractivity contribution in [1.29, 1.82) is 0 Å².